The normalized spacial score (nSPS) is 15.6. The van der Waals surface area contributed by atoms with Crippen molar-refractivity contribution in [3.05, 3.63) is 33.9 Å². The van der Waals surface area contributed by atoms with Gasteiger partial charge in [-0.1, -0.05) is 13.0 Å². The topological polar surface area (TPSA) is 84.6 Å². The largest absolute Gasteiger partial charge is 0.425 e. The van der Waals surface area contributed by atoms with Crippen LogP contribution in [0.5, 0.6) is 5.75 Å². The quantitative estimate of drug-likeness (QED) is 0.477. The molecule has 106 valence electrons. The number of nitro groups is 1. The SMILES string of the molecule is CCC(C)NP(O)(=S)Oc1cc(C)ccc1[N+](=O)[O-]. The van der Waals surface area contributed by atoms with Crippen molar-refractivity contribution >= 4 is 24.1 Å². The lowest BCUT2D eigenvalue weighted by atomic mass is 10.2. The summed E-state index contributed by atoms with van der Waals surface area (Å²) in [6, 6.07) is 4.41. The lowest BCUT2D eigenvalue weighted by Crippen LogP contribution is -2.24. The molecule has 0 heterocycles. The Balaban J connectivity index is 3.01. The molecule has 0 fully saturated rings. The average molecular weight is 304 g/mol. The maximum Gasteiger partial charge on any atom is 0.311 e. The number of rotatable bonds is 6. The summed E-state index contributed by atoms with van der Waals surface area (Å²) in [7, 11) is 0. The number of hydrogen-bond acceptors (Lipinski definition) is 4. The summed E-state index contributed by atoms with van der Waals surface area (Å²) >= 11 is 4.97. The molecule has 0 amide bonds. The van der Waals surface area contributed by atoms with Crippen molar-refractivity contribution in [2.24, 2.45) is 0 Å². The van der Waals surface area contributed by atoms with E-state index >= 15 is 0 Å². The van der Waals surface area contributed by atoms with Gasteiger partial charge in [-0.15, -0.1) is 0 Å². The molecule has 19 heavy (non-hydrogen) atoms. The molecule has 2 unspecified atom stereocenters. The molecular formula is C11H17N2O4PS. The summed E-state index contributed by atoms with van der Waals surface area (Å²) in [5.74, 6) is -0.00774. The molecule has 0 bridgehead atoms. The minimum Gasteiger partial charge on any atom is -0.425 e. The second-order valence-corrected chi connectivity index (χ2v) is 7.24. The van der Waals surface area contributed by atoms with Crippen molar-refractivity contribution in [3.8, 4) is 5.75 Å². The first-order chi connectivity index (χ1) is 8.75. The molecule has 0 aliphatic carbocycles. The van der Waals surface area contributed by atoms with Gasteiger partial charge in [0.05, 0.1) is 4.92 Å². The summed E-state index contributed by atoms with van der Waals surface area (Å²) in [6.45, 7) is 2.27. The van der Waals surface area contributed by atoms with E-state index in [-0.39, 0.29) is 17.5 Å². The highest BCUT2D eigenvalue weighted by Gasteiger charge is 2.23. The Morgan fingerprint density at radius 3 is 2.79 bits per heavy atom. The zero-order valence-electron chi connectivity index (χ0n) is 11.0. The summed E-state index contributed by atoms with van der Waals surface area (Å²) in [5.41, 5.74) is 0.582. The van der Waals surface area contributed by atoms with Gasteiger partial charge in [-0.3, -0.25) is 10.1 Å². The predicted octanol–water partition coefficient (Wildman–Crippen LogP) is 2.89. The maximum absolute atomic E-state index is 10.9. The molecule has 0 aliphatic rings. The Hall–Kier alpha value is -1.01. The first-order valence-electron chi connectivity index (χ1n) is 5.80. The molecule has 0 saturated heterocycles. The predicted molar refractivity (Wildman–Crippen MR) is 77.9 cm³/mol. The van der Waals surface area contributed by atoms with Crippen LogP contribution in [0.25, 0.3) is 0 Å². The molecule has 6 nitrogen and oxygen atoms in total. The lowest BCUT2D eigenvalue weighted by molar-refractivity contribution is -0.385. The van der Waals surface area contributed by atoms with Crippen molar-refractivity contribution in [3.63, 3.8) is 0 Å². The van der Waals surface area contributed by atoms with Crippen LogP contribution in [-0.2, 0) is 11.8 Å². The molecule has 2 N–H and O–H groups in total. The first-order valence-corrected chi connectivity index (χ1v) is 8.47. The monoisotopic (exact) mass is 304 g/mol. The van der Waals surface area contributed by atoms with E-state index < -0.39 is 11.6 Å². The lowest BCUT2D eigenvalue weighted by Gasteiger charge is -2.21. The van der Waals surface area contributed by atoms with Gasteiger partial charge in [0.2, 0.25) is 5.75 Å². The van der Waals surface area contributed by atoms with E-state index in [2.05, 4.69) is 5.09 Å². The molecule has 1 rings (SSSR count). The Morgan fingerprint density at radius 2 is 2.26 bits per heavy atom. The van der Waals surface area contributed by atoms with Crippen molar-refractivity contribution < 1.29 is 14.3 Å². The number of nitrogens with one attached hydrogen (secondary N) is 1. The number of hydrogen-bond donors (Lipinski definition) is 2. The van der Waals surface area contributed by atoms with Gasteiger partial charge in [0.15, 0.2) is 0 Å². The fraction of sp³-hybridized carbons (Fsp3) is 0.455. The number of aryl methyl sites for hydroxylation is 1. The van der Waals surface area contributed by atoms with E-state index in [1.54, 1.807) is 13.0 Å². The summed E-state index contributed by atoms with van der Waals surface area (Å²) in [4.78, 5) is 20.4. The minimum atomic E-state index is -3.29. The Labute approximate surface area is 117 Å². The highest BCUT2D eigenvalue weighted by molar-refractivity contribution is 8.08. The molecule has 0 saturated carbocycles. The van der Waals surface area contributed by atoms with Crippen molar-refractivity contribution in [1.82, 2.24) is 5.09 Å². The van der Waals surface area contributed by atoms with E-state index in [0.717, 1.165) is 12.0 Å². The molecule has 8 heteroatoms. The molecular weight excluding hydrogens is 287 g/mol. The summed E-state index contributed by atoms with van der Waals surface area (Å²) in [5, 5.41) is 13.7. The average Bonchev–Trinajstić information content (AvgIpc) is 2.27. The van der Waals surface area contributed by atoms with Crippen LogP contribution in [0.1, 0.15) is 25.8 Å². The van der Waals surface area contributed by atoms with Gasteiger partial charge in [0.25, 0.3) is 0 Å². The highest BCUT2D eigenvalue weighted by Crippen LogP contribution is 2.43. The van der Waals surface area contributed by atoms with E-state index in [0.29, 0.717) is 0 Å². The molecule has 2 atom stereocenters. The highest BCUT2D eigenvalue weighted by atomic mass is 32.5. The van der Waals surface area contributed by atoms with Crippen LogP contribution < -0.4 is 9.61 Å². The van der Waals surface area contributed by atoms with Crippen molar-refractivity contribution in [2.75, 3.05) is 0 Å². The van der Waals surface area contributed by atoms with Gasteiger partial charge in [-0.25, -0.2) is 5.09 Å². The van der Waals surface area contributed by atoms with Gasteiger partial charge in [-0.05, 0) is 43.7 Å². The fourth-order valence-electron chi connectivity index (χ4n) is 1.37. The van der Waals surface area contributed by atoms with E-state index in [9.17, 15) is 15.0 Å². The van der Waals surface area contributed by atoms with Crippen LogP contribution in [0, 0.1) is 17.0 Å². The van der Waals surface area contributed by atoms with Crippen LogP contribution in [0.15, 0.2) is 18.2 Å². The van der Waals surface area contributed by atoms with E-state index in [1.807, 2.05) is 13.8 Å². The molecule has 0 radical (unpaired) electrons. The third-order valence-corrected chi connectivity index (χ3v) is 4.28. The first kappa shape index (κ1) is 16.0. The molecule has 1 aromatic carbocycles. The van der Waals surface area contributed by atoms with Gasteiger partial charge in [-0.2, -0.15) is 0 Å². The maximum atomic E-state index is 10.9. The zero-order valence-corrected chi connectivity index (χ0v) is 12.7. The molecule has 1 aromatic rings. The second-order valence-electron chi connectivity index (χ2n) is 4.28. The summed E-state index contributed by atoms with van der Waals surface area (Å²) in [6.07, 6.45) is 0.762. The third-order valence-electron chi connectivity index (χ3n) is 2.53. The second kappa shape index (κ2) is 6.43. The number of nitro benzene ring substituents is 1. The van der Waals surface area contributed by atoms with Gasteiger partial charge in [0.1, 0.15) is 0 Å². The van der Waals surface area contributed by atoms with Gasteiger partial charge < -0.3 is 9.42 Å². The van der Waals surface area contributed by atoms with Crippen LogP contribution in [-0.4, -0.2) is 15.9 Å². The Kier molecular flexibility index (Phi) is 5.43. The number of nitrogens with zero attached hydrogens (tertiary/aromatic N) is 1. The smallest absolute Gasteiger partial charge is 0.311 e. The van der Waals surface area contributed by atoms with Crippen molar-refractivity contribution in [2.45, 2.75) is 33.2 Å². The molecule has 0 aromatic heterocycles. The fourth-order valence-corrected chi connectivity index (χ4v) is 3.36. The van der Waals surface area contributed by atoms with Crippen LogP contribution >= 0.6 is 6.64 Å². The molecule has 0 aliphatic heterocycles. The van der Waals surface area contributed by atoms with Crippen LogP contribution in [0.4, 0.5) is 5.69 Å². The Bertz CT molecular complexity index is 523. The Morgan fingerprint density at radius 1 is 1.63 bits per heavy atom. The van der Waals surface area contributed by atoms with Crippen LogP contribution in [0.2, 0.25) is 0 Å². The van der Waals surface area contributed by atoms with Crippen molar-refractivity contribution in [1.29, 1.82) is 0 Å². The minimum absolute atomic E-state index is 0.00774. The number of benzene rings is 1. The zero-order chi connectivity index (χ0) is 14.6. The molecule has 0 spiro atoms. The van der Waals surface area contributed by atoms with E-state index in [4.69, 9.17) is 16.3 Å². The van der Waals surface area contributed by atoms with Gasteiger partial charge >= 0.3 is 12.3 Å². The summed E-state index contributed by atoms with van der Waals surface area (Å²) < 4.78 is 5.28. The van der Waals surface area contributed by atoms with Crippen LogP contribution in [0.3, 0.4) is 0 Å². The third kappa shape index (κ3) is 4.87. The van der Waals surface area contributed by atoms with Gasteiger partial charge in [0, 0.05) is 12.1 Å². The standard InChI is InChI=1S/C11H17N2O4PS/c1-4-9(3)12-18(16,19)17-11-7-8(2)5-6-10(11)13(14)15/h5-7,9H,4H2,1-3H3,(H2,12,16,19). The van der Waals surface area contributed by atoms with E-state index in [1.165, 1.54) is 12.1 Å².